The summed E-state index contributed by atoms with van der Waals surface area (Å²) in [6, 6.07) is 7.61. The molecule has 0 bridgehead atoms. The van der Waals surface area contributed by atoms with Crippen molar-refractivity contribution in [3.8, 4) is 0 Å². The third kappa shape index (κ3) is 2.91. The quantitative estimate of drug-likeness (QED) is 0.862. The Kier molecular flexibility index (Phi) is 4.02. The Balaban J connectivity index is 2.00. The zero-order chi connectivity index (χ0) is 13.1. The summed E-state index contributed by atoms with van der Waals surface area (Å²) in [4.78, 5) is 12.0. The predicted molar refractivity (Wildman–Crippen MR) is 71.6 cm³/mol. The molecule has 1 aliphatic rings. The second kappa shape index (κ2) is 5.53. The SMILES string of the molecule is CC(C)c1ccc(C(=O)NC2CCCC2O)cc1. The van der Waals surface area contributed by atoms with Gasteiger partial charge in [-0.3, -0.25) is 4.79 Å². The van der Waals surface area contributed by atoms with Crippen molar-refractivity contribution >= 4 is 5.91 Å². The van der Waals surface area contributed by atoms with Crippen LogP contribution in [0, 0.1) is 0 Å². The van der Waals surface area contributed by atoms with Crippen molar-refractivity contribution in [1.29, 1.82) is 0 Å². The van der Waals surface area contributed by atoms with Gasteiger partial charge in [-0.1, -0.05) is 26.0 Å². The Labute approximate surface area is 108 Å². The summed E-state index contributed by atoms with van der Waals surface area (Å²) in [6.45, 7) is 4.26. The van der Waals surface area contributed by atoms with Crippen molar-refractivity contribution in [2.24, 2.45) is 0 Å². The van der Waals surface area contributed by atoms with Crippen LogP contribution < -0.4 is 5.32 Å². The first-order valence-electron chi connectivity index (χ1n) is 6.67. The van der Waals surface area contributed by atoms with Gasteiger partial charge in [0.15, 0.2) is 0 Å². The zero-order valence-corrected chi connectivity index (χ0v) is 11.0. The Morgan fingerprint density at radius 3 is 2.44 bits per heavy atom. The fourth-order valence-corrected chi connectivity index (χ4v) is 2.38. The molecule has 1 aromatic carbocycles. The molecular weight excluding hydrogens is 226 g/mol. The molecule has 2 unspecified atom stereocenters. The van der Waals surface area contributed by atoms with Crippen molar-refractivity contribution < 1.29 is 9.90 Å². The number of rotatable bonds is 3. The Morgan fingerprint density at radius 2 is 1.94 bits per heavy atom. The fraction of sp³-hybridized carbons (Fsp3) is 0.533. The monoisotopic (exact) mass is 247 g/mol. The van der Waals surface area contributed by atoms with Gasteiger partial charge in [-0.25, -0.2) is 0 Å². The van der Waals surface area contributed by atoms with Gasteiger partial charge in [-0.2, -0.15) is 0 Å². The van der Waals surface area contributed by atoms with Crippen LogP contribution in [0.4, 0.5) is 0 Å². The number of carbonyl (C=O) groups excluding carboxylic acids is 1. The topological polar surface area (TPSA) is 49.3 Å². The van der Waals surface area contributed by atoms with E-state index in [9.17, 15) is 9.90 Å². The average molecular weight is 247 g/mol. The van der Waals surface area contributed by atoms with E-state index in [0.29, 0.717) is 11.5 Å². The summed E-state index contributed by atoms with van der Waals surface area (Å²) in [6.07, 6.45) is 2.26. The number of aliphatic hydroxyl groups excluding tert-OH is 1. The maximum atomic E-state index is 12.0. The van der Waals surface area contributed by atoms with Gasteiger partial charge < -0.3 is 10.4 Å². The van der Waals surface area contributed by atoms with Crippen LogP contribution in [0.1, 0.15) is 54.9 Å². The summed E-state index contributed by atoms with van der Waals surface area (Å²) in [5.41, 5.74) is 1.89. The molecule has 0 radical (unpaired) electrons. The van der Waals surface area contributed by atoms with Crippen molar-refractivity contribution in [3.05, 3.63) is 35.4 Å². The second-order valence-electron chi connectivity index (χ2n) is 5.35. The van der Waals surface area contributed by atoms with Gasteiger partial charge in [0.1, 0.15) is 0 Å². The van der Waals surface area contributed by atoms with Crippen LogP contribution in [0.15, 0.2) is 24.3 Å². The number of hydrogen-bond acceptors (Lipinski definition) is 2. The van der Waals surface area contributed by atoms with Crippen molar-refractivity contribution in [2.75, 3.05) is 0 Å². The van der Waals surface area contributed by atoms with Gasteiger partial charge in [0, 0.05) is 5.56 Å². The van der Waals surface area contributed by atoms with E-state index in [0.717, 1.165) is 19.3 Å². The molecule has 1 saturated carbocycles. The minimum atomic E-state index is -0.385. The molecule has 2 rings (SSSR count). The molecule has 1 aromatic rings. The van der Waals surface area contributed by atoms with E-state index >= 15 is 0 Å². The van der Waals surface area contributed by atoms with Crippen LogP contribution in [-0.4, -0.2) is 23.2 Å². The van der Waals surface area contributed by atoms with Crippen LogP contribution >= 0.6 is 0 Å². The molecule has 1 aliphatic carbocycles. The van der Waals surface area contributed by atoms with Gasteiger partial charge >= 0.3 is 0 Å². The molecule has 3 nitrogen and oxygen atoms in total. The molecule has 0 aromatic heterocycles. The fourth-order valence-electron chi connectivity index (χ4n) is 2.38. The average Bonchev–Trinajstić information content (AvgIpc) is 2.75. The third-order valence-electron chi connectivity index (χ3n) is 3.64. The lowest BCUT2D eigenvalue weighted by atomic mass is 10.0. The third-order valence-corrected chi connectivity index (χ3v) is 3.64. The Bertz CT molecular complexity index is 411. The van der Waals surface area contributed by atoms with E-state index in [1.807, 2.05) is 24.3 Å². The first-order chi connectivity index (χ1) is 8.58. The maximum absolute atomic E-state index is 12.0. The lowest BCUT2D eigenvalue weighted by Gasteiger charge is -2.16. The minimum absolute atomic E-state index is 0.0812. The second-order valence-corrected chi connectivity index (χ2v) is 5.35. The van der Waals surface area contributed by atoms with Crippen LogP contribution in [0.5, 0.6) is 0 Å². The Morgan fingerprint density at radius 1 is 1.28 bits per heavy atom. The Hall–Kier alpha value is -1.35. The molecule has 98 valence electrons. The van der Waals surface area contributed by atoms with Crippen molar-refractivity contribution in [3.63, 3.8) is 0 Å². The number of benzene rings is 1. The van der Waals surface area contributed by atoms with E-state index in [-0.39, 0.29) is 18.1 Å². The predicted octanol–water partition coefficient (Wildman–Crippen LogP) is 2.45. The number of carbonyl (C=O) groups is 1. The van der Waals surface area contributed by atoms with E-state index < -0.39 is 0 Å². The highest BCUT2D eigenvalue weighted by Crippen LogP contribution is 2.19. The molecule has 3 heteroatoms. The van der Waals surface area contributed by atoms with Crippen molar-refractivity contribution in [2.45, 2.75) is 51.2 Å². The van der Waals surface area contributed by atoms with E-state index in [4.69, 9.17) is 0 Å². The number of aliphatic hydroxyl groups is 1. The standard InChI is InChI=1S/C15H21NO2/c1-10(2)11-6-8-12(9-7-11)15(18)16-13-4-3-5-14(13)17/h6-10,13-14,17H,3-5H2,1-2H3,(H,16,18). The van der Waals surface area contributed by atoms with E-state index in [1.165, 1.54) is 5.56 Å². The van der Waals surface area contributed by atoms with Crippen LogP contribution in [0.3, 0.4) is 0 Å². The van der Waals surface area contributed by atoms with Crippen LogP contribution in [-0.2, 0) is 0 Å². The lowest BCUT2D eigenvalue weighted by molar-refractivity contribution is 0.0873. The van der Waals surface area contributed by atoms with Gasteiger partial charge in [-0.15, -0.1) is 0 Å². The molecule has 18 heavy (non-hydrogen) atoms. The number of hydrogen-bond donors (Lipinski definition) is 2. The molecule has 0 heterocycles. The van der Waals surface area contributed by atoms with Crippen LogP contribution in [0.25, 0.3) is 0 Å². The summed E-state index contributed by atoms with van der Waals surface area (Å²) in [5, 5.41) is 12.6. The smallest absolute Gasteiger partial charge is 0.251 e. The van der Waals surface area contributed by atoms with E-state index in [1.54, 1.807) is 0 Å². The van der Waals surface area contributed by atoms with Gasteiger partial charge in [0.2, 0.25) is 0 Å². The first-order valence-corrected chi connectivity index (χ1v) is 6.67. The highest BCUT2D eigenvalue weighted by atomic mass is 16.3. The summed E-state index contributed by atoms with van der Waals surface area (Å²) < 4.78 is 0. The van der Waals surface area contributed by atoms with Gasteiger partial charge in [0.05, 0.1) is 12.1 Å². The van der Waals surface area contributed by atoms with Gasteiger partial charge in [-0.05, 0) is 42.9 Å². The number of amides is 1. The molecule has 1 fully saturated rings. The summed E-state index contributed by atoms with van der Waals surface area (Å²) >= 11 is 0. The molecule has 0 spiro atoms. The molecule has 2 atom stereocenters. The van der Waals surface area contributed by atoms with E-state index in [2.05, 4.69) is 19.2 Å². The molecule has 0 aliphatic heterocycles. The highest BCUT2D eigenvalue weighted by molar-refractivity contribution is 5.94. The van der Waals surface area contributed by atoms with Crippen LogP contribution in [0.2, 0.25) is 0 Å². The summed E-state index contributed by atoms with van der Waals surface area (Å²) in [5.74, 6) is 0.384. The van der Waals surface area contributed by atoms with Gasteiger partial charge in [0.25, 0.3) is 5.91 Å². The van der Waals surface area contributed by atoms with Crippen molar-refractivity contribution in [1.82, 2.24) is 5.32 Å². The summed E-state index contributed by atoms with van der Waals surface area (Å²) in [7, 11) is 0. The molecule has 2 N–H and O–H groups in total. The first kappa shape index (κ1) is 13.1. The largest absolute Gasteiger partial charge is 0.391 e. The lowest BCUT2D eigenvalue weighted by Crippen LogP contribution is -2.39. The molecular formula is C15H21NO2. The maximum Gasteiger partial charge on any atom is 0.251 e. The normalized spacial score (nSPS) is 23.3. The zero-order valence-electron chi connectivity index (χ0n) is 11.0. The molecule has 1 amide bonds. The highest BCUT2D eigenvalue weighted by Gasteiger charge is 2.26. The minimum Gasteiger partial charge on any atom is -0.391 e. The number of nitrogens with one attached hydrogen (secondary N) is 1. The molecule has 0 saturated heterocycles.